The summed E-state index contributed by atoms with van der Waals surface area (Å²) in [6.45, 7) is 3.04. The Hall–Kier alpha value is -0.0900. The minimum Gasteiger partial charge on any atom is -0.396 e. The zero-order chi connectivity index (χ0) is 13.7. The van der Waals surface area contributed by atoms with Gasteiger partial charge in [0, 0.05) is 18.3 Å². The van der Waals surface area contributed by atoms with Crippen LogP contribution < -0.4 is 5.73 Å². The van der Waals surface area contributed by atoms with Gasteiger partial charge >= 0.3 is 0 Å². The molecule has 0 fully saturated rings. The average molecular weight is 307 g/mol. The van der Waals surface area contributed by atoms with E-state index in [1.807, 2.05) is 23.9 Å². The zero-order valence-corrected chi connectivity index (χ0v) is 13.4. The van der Waals surface area contributed by atoms with E-state index in [-0.39, 0.29) is 0 Å². The van der Waals surface area contributed by atoms with Crippen molar-refractivity contribution in [2.75, 3.05) is 24.8 Å². The monoisotopic (exact) mass is 306 g/mol. The number of nitrogens with two attached hydrogens (primary N) is 1. The van der Waals surface area contributed by atoms with Crippen molar-refractivity contribution >= 4 is 40.7 Å². The van der Waals surface area contributed by atoms with Gasteiger partial charge < -0.3 is 5.73 Å². The van der Waals surface area contributed by atoms with E-state index < -0.39 is 0 Å². The quantitative estimate of drug-likeness (QED) is 0.801. The van der Waals surface area contributed by atoms with Gasteiger partial charge in [0.05, 0.1) is 15.7 Å². The highest BCUT2D eigenvalue weighted by Crippen LogP contribution is 2.29. The number of hydrogen-bond acceptors (Lipinski definition) is 3. The van der Waals surface area contributed by atoms with E-state index in [9.17, 15) is 0 Å². The lowest BCUT2D eigenvalue weighted by atomic mass is 10.1. The van der Waals surface area contributed by atoms with Gasteiger partial charge in [-0.2, -0.15) is 11.8 Å². The second-order valence-corrected chi connectivity index (χ2v) is 6.13. The van der Waals surface area contributed by atoms with E-state index in [1.165, 1.54) is 0 Å². The third-order valence-corrected chi connectivity index (χ3v) is 4.37. The van der Waals surface area contributed by atoms with Crippen molar-refractivity contribution in [3.63, 3.8) is 0 Å². The van der Waals surface area contributed by atoms with Gasteiger partial charge in [0.2, 0.25) is 0 Å². The Morgan fingerprint density at radius 3 is 2.33 bits per heavy atom. The van der Waals surface area contributed by atoms with E-state index >= 15 is 0 Å². The molecule has 1 unspecified atom stereocenters. The first kappa shape index (κ1) is 16.0. The standard InChI is InChI=1S/C13H20Cl2N2S/c1-4-10(8-18-3)17(2)7-9-5-11(14)13(16)12(15)6-9/h5-6,10H,4,7-8,16H2,1-3H3. The molecule has 2 nitrogen and oxygen atoms in total. The Bertz CT molecular complexity index is 376. The highest BCUT2D eigenvalue weighted by molar-refractivity contribution is 7.98. The number of halogens is 2. The Labute approximate surface area is 124 Å². The minimum atomic E-state index is 0.459. The third-order valence-electron chi connectivity index (χ3n) is 3.02. The molecule has 0 heterocycles. The molecule has 0 spiro atoms. The molecule has 1 rings (SSSR count). The molecule has 0 aliphatic heterocycles. The smallest absolute Gasteiger partial charge is 0.0693 e. The molecule has 0 aliphatic carbocycles. The lowest BCUT2D eigenvalue weighted by Crippen LogP contribution is -2.32. The molecule has 0 saturated heterocycles. The first-order valence-electron chi connectivity index (χ1n) is 5.92. The molecule has 0 saturated carbocycles. The molecule has 2 N–H and O–H groups in total. The second kappa shape index (κ2) is 7.49. The van der Waals surface area contributed by atoms with E-state index in [0.717, 1.165) is 24.3 Å². The van der Waals surface area contributed by atoms with Crippen LogP contribution in [0.5, 0.6) is 0 Å². The van der Waals surface area contributed by atoms with Crippen molar-refractivity contribution < 1.29 is 0 Å². The highest BCUT2D eigenvalue weighted by Gasteiger charge is 2.13. The fourth-order valence-electron chi connectivity index (χ4n) is 1.89. The topological polar surface area (TPSA) is 29.3 Å². The molecule has 0 bridgehead atoms. The molecule has 0 aliphatic rings. The maximum Gasteiger partial charge on any atom is 0.0693 e. The fourth-order valence-corrected chi connectivity index (χ4v) is 3.30. The van der Waals surface area contributed by atoms with Crippen molar-refractivity contribution in [2.24, 2.45) is 0 Å². The van der Waals surface area contributed by atoms with Crippen LogP contribution in [0, 0.1) is 0 Å². The molecule has 0 amide bonds. The van der Waals surface area contributed by atoms with Crippen molar-refractivity contribution in [3.05, 3.63) is 27.7 Å². The van der Waals surface area contributed by atoms with Crippen LogP contribution in [0.25, 0.3) is 0 Å². The molecular formula is C13H20Cl2N2S. The van der Waals surface area contributed by atoms with Gasteiger partial charge in [0.15, 0.2) is 0 Å². The predicted octanol–water partition coefficient (Wildman–Crippen LogP) is 4.15. The number of nitrogen functional groups attached to an aromatic ring is 1. The molecule has 102 valence electrons. The Kier molecular flexibility index (Phi) is 6.64. The van der Waals surface area contributed by atoms with Crippen LogP contribution in [0.1, 0.15) is 18.9 Å². The molecular weight excluding hydrogens is 287 g/mol. The molecule has 1 aromatic rings. The van der Waals surface area contributed by atoms with Gasteiger partial charge in [-0.25, -0.2) is 0 Å². The minimum absolute atomic E-state index is 0.459. The van der Waals surface area contributed by atoms with Crippen LogP contribution in [0.15, 0.2) is 12.1 Å². The maximum absolute atomic E-state index is 6.05. The fraction of sp³-hybridized carbons (Fsp3) is 0.538. The van der Waals surface area contributed by atoms with Crippen molar-refractivity contribution in [2.45, 2.75) is 25.9 Å². The van der Waals surface area contributed by atoms with E-state index in [1.54, 1.807) is 0 Å². The first-order chi connectivity index (χ1) is 8.49. The summed E-state index contributed by atoms with van der Waals surface area (Å²) < 4.78 is 0. The third kappa shape index (κ3) is 4.23. The summed E-state index contributed by atoms with van der Waals surface area (Å²) in [7, 11) is 2.13. The van der Waals surface area contributed by atoms with Crippen LogP contribution in [0.3, 0.4) is 0 Å². The summed E-state index contributed by atoms with van der Waals surface area (Å²) >= 11 is 14.0. The lowest BCUT2D eigenvalue weighted by molar-refractivity contribution is 0.248. The molecule has 5 heteroatoms. The largest absolute Gasteiger partial charge is 0.396 e. The summed E-state index contributed by atoms with van der Waals surface area (Å²) in [5.41, 5.74) is 7.29. The van der Waals surface area contributed by atoms with E-state index in [4.69, 9.17) is 28.9 Å². The average Bonchev–Trinajstić information content (AvgIpc) is 2.32. The summed E-state index contributed by atoms with van der Waals surface area (Å²) in [5.74, 6) is 1.13. The zero-order valence-electron chi connectivity index (χ0n) is 11.0. The van der Waals surface area contributed by atoms with E-state index in [2.05, 4.69) is 25.1 Å². The van der Waals surface area contributed by atoms with Crippen LogP contribution in [0.2, 0.25) is 10.0 Å². The summed E-state index contributed by atoms with van der Waals surface area (Å²) in [6, 6.07) is 4.35. The van der Waals surface area contributed by atoms with Crippen LogP contribution in [-0.4, -0.2) is 30.0 Å². The second-order valence-electron chi connectivity index (χ2n) is 4.41. The highest BCUT2D eigenvalue weighted by atomic mass is 35.5. The van der Waals surface area contributed by atoms with Crippen LogP contribution >= 0.6 is 35.0 Å². The Morgan fingerprint density at radius 1 is 1.33 bits per heavy atom. The normalized spacial score (nSPS) is 13.0. The summed E-state index contributed by atoms with van der Waals surface area (Å²) in [6.07, 6.45) is 3.27. The number of nitrogens with zero attached hydrogens (tertiary/aromatic N) is 1. The van der Waals surface area contributed by atoms with Crippen LogP contribution in [0.4, 0.5) is 5.69 Å². The SMILES string of the molecule is CCC(CSC)N(C)Cc1cc(Cl)c(N)c(Cl)c1. The van der Waals surface area contributed by atoms with Crippen molar-refractivity contribution in [1.29, 1.82) is 0 Å². The molecule has 0 radical (unpaired) electrons. The number of thioether (sulfide) groups is 1. The Morgan fingerprint density at radius 2 is 1.89 bits per heavy atom. The number of benzene rings is 1. The maximum atomic E-state index is 6.05. The molecule has 18 heavy (non-hydrogen) atoms. The van der Waals surface area contributed by atoms with Crippen LogP contribution in [-0.2, 0) is 6.54 Å². The van der Waals surface area contributed by atoms with Gasteiger partial charge in [-0.05, 0) is 37.4 Å². The summed E-state index contributed by atoms with van der Waals surface area (Å²) in [4.78, 5) is 2.33. The van der Waals surface area contributed by atoms with Crippen molar-refractivity contribution in [1.82, 2.24) is 4.90 Å². The van der Waals surface area contributed by atoms with Gasteiger partial charge in [0.1, 0.15) is 0 Å². The van der Waals surface area contributed by atoms with Gasteiger partial charge in [-0.1, -0.05) is 30.1 Å². The van der Waals surface area contributed by atoms with Crippen molar-refractivity contribution in [3.8, 4) is 0 Å². The number of rotatable bonds is 6. The van der Waals surface area contributed by atoms with Gasteiger partial charge in [0.25, 0.3) is 0 Å². The first-order valence-corrected chi connectivity index (χ1v) is 8.07. The van der Waals surface area contributed by atoms with E-state index in [0.29, 0.717) is 21.8 Å². The number of hydrogen-bond donors (Lipinski definition) is 1. The predicted molar refractivity (Wildman–Crippen MR) is 84.8 cm³/mol. The summed E-state index contributed by atoms with van der Waals surface area (Å²) in [5, 5.41) is 1.06. The lowest BCUT2D eigenvalue weighted by Gasteiger charge is -2.26. The van der Waals surface area contributed by atoms with Gasteiger partial charge in [-0.3, -0.25) is 4.90 Å². The molecule has 0 aromatic heterocycles. The van der Waals surface area contributed by atoms with Gasteiger partial charge in [-0.15, -0.1) is 0 Å². The molecule has 1 aromatic carbocycles. The Balaban J connectivity index is 2.78. The molecule has 1 atom stereocenters. The number of anilines is 1.